The molecule has 0 saturated heterocycles. The highest BCUT2D eigenvalue weighted by Gasteiger charge is 2.59. The highest BCUT2D eigenvalue weighted by Crippen LogP contribution is 2.64. The summed E-state index contributed by atoms with van der Waals surface area (Å²) in [5.74, 6) is -2.96. The number of imidazole rings is 1. The Hall–Kier alpha value is -3.11. The van der Waals surface area contributed by atoms with Gasteiger partial charge in [0.15, 0.2) is 11.6 Å². The van der Waals surface area contributed by atoms with Gasteiger partial charge in [-0.3, -0.25) is 4.79 Å². The van der Waals surface area contributed by atoms with Gasteiger partial charge in [-0.25, -0.2) is 23.7 Å². The molecule has 2 heterocycles. The molecule has 2 aromatic heterocycles. The number of fused-ring (bicyclic) bond motifs is 2. The quantitative estimate of drug-likeness (QED) is 0.589. The molecule has 11 heteroatoms. The van der Waals surface area contributed by atoms with Crippen molar-refractivity contribution in [3.8, 4) is 0 Å². The Morgan fingerprint density at radius 1 is 1.09 bits per heavy atom. The smallest absolute Gasteiger partial charge is 0.327 e. The molecule has 5 atom stereocenters. The second kappa shape index (κ2) is 7.21. The fraction of sp³-hybridized carbons (Fsp3) is 0.429. The van der Waals surface area contributed by atoms with Crippen LogP contribution in [0.2, 0.25) is 0 Å². The van der Waals surface area contributed by atoms with Crippen LogP contribution in [0.15, 0.2) is 30.9 Å². The van der Waals surface area contributed by atoms with Gasteiger partial charge in [-0.05, 0) is 30.6 Å². The van der Waals surface area contributed by atoms with Crippen LogP contribution in [0.4, 0.5) is 27.6 Å². The number of carbonyl (C=O) groups is 1. The molecule has 5 rings (SSSR count). The summed E-state index contributed by atoms with van der Waals surface area (Å²) in [7, 11) is 0. The van der Waals surface area contributed by atoms with E-state index in [1.807, 2.05) is 4.57 Å². The first kappa shape index (κ1) is 20.8. The van der Waals surface area contributed by atoms with Crippen molar-refractivity contribution in [2.45, 2.75) is 32.0 Å². The molecule has 32 heavy (non-hydrogen) atoms. The van der Waals surface area contributed by atoms with Crippen molar-refractivity contribution in [3.63, 3.8) is 0 Å². The van der Waals surface area contributed by atoms with Gasteiger partial charge in [-0.2, -0.15) is 13.2 Å². The van der Waals surface area contributed by atoms with Crippen LogP contribution in [0.3, 0.4) is 0 Å². The molecule has 1 N–H and O–H groups in total. The lowest BCUT2D eigenvalue weighted by Crippen LogP contribution is -2.24. The molecule has 1 aromatic carbocycles. The molecular weight excluding hydrogens is 433 g/mol. The van der Waals surface area contributed by atoms with Crippen molar-refractivity contribution < 1.29 is 26.7 Å². The number of halogens is 5. The van der Waals surface area contributed by atoms with Crippen molar-refractivity contribution in [3.05, 3.63) is 48.3 Å². The summed E-state index contributed by atoms with van der Waals surface area (Å²) < 4.78 is 66.6. The first-order chi connectivity index (χ1) is 15.1. The number of nitrogens with zero attached hydrogens (tertiary/aromatic N) is 4. The number of rotatable bonds is 4. The van der Waals surface area contributed by atoms with Crippen molar-refractivity contribution in [1.82, 2.24) is 19.5 Å². The second-order valence-electron chi connectivity index (χ2n) is 8.51. The lowest BCUT2D eigenvalue weighted by atomic mass is 9.96. The molecule has 3 aromatic rings. The fourth-order valence-corrected chi connectivity index (χ4v) is 5.12. The van der Waals surface area contributed by atoms with Gasteiger partial charge in [-0.1, -0.05) is 6.92 Å². The first-order valence-electron chi connectivity index (χ1n) is 10.1. The van der Waals surface area contributed by atoms with Crippen LogP contribution < -0.4 is 5.32 Å². The molecular formula is C21H18F5N5O. The van der Waals surface area contributed by atoms with E-state index in [0.29, 0.717) is 22.9 Å². The summed E-state index contributed by atoms with van der Waals surface area (Å²) in [6.07, 6.45) is 0.418. The number of anilines is 1. The average Bonchev–Trinajstić information content (AvgIpc) is 3.05. The highest BCUT2D eigenvalue weighted by atomic mass is 19.4. The van der Waals surface area contributed by atoms with Gasteiger partial charge >= 0.3 is 6.18 Å². The van der Waals surface area contributed by atoms with Gasteiger partial charge in [0.1, 0.15) is 0 Å². The Balaban J connectivity index is 1.21. The number of nitrogens with one attached hydrogen (secondary N) is 1. The van der Waals surface area contributed by atoms with E-state index >= 15 is 0 Å². The molecule has 0 aliphatic heterocycles. The van der Waals surface area contributed by atoms with E-state index in [2.05, 4.69) is 20.3 Å². The van der Waals surface area contributed by atoms with Gasteiger partial charge in [0.2, 0.25) is 11.7 Å². The number of hydrogen-bond donors (Lipinski definition) is 1. The van der Waals surface area contributed by atoms with Crippen molar-refractivity contribution in [2.75, 3.05) is 5.32 Å². The predicted molar refractivity (Wildman–Crippen MR) is 103 cm³/mol. The minimum atomic E-state index is -4.64. The van der Waals surface area contributed by atoms with E-state index < -0.39 is 23.6 Å². The van der Waals surface area contributed by atoms with E-state index in [9.17, 15) is 26.7 Å². The summed E-state index contributed by atoms with van der Waals surface area (Å²) >= 11 is 0. The van der Waals surface area contributed by atoms with E-state index in [4.69, 9.17) is 0 Å². The van der Waals surface area contributed by atoms with Crippen molar-refractivity contribution in [1.29, 1.82) is 0 Å². The van der Waals surface area contributed by atoms with E-state index in [-0.39, 0.29) is 29.5 Å². The van der Waals surface area contributed by atoms with Crippen molar-refractivity contribution in [2.24, 2.45) is 23.7 Å². The monoisotopic (exact) mass is 451 g/mol. The Morgan fingerprint density at radius 2 is 1.72 bits per heavy atom. The fourth-order valence-electron chi connectivity index (χ4n) is 5.12. The number of benzene rings is 1. The Labute approximate surface area is 178 Å². The number of amides is 1. The number of alkyl halides is 3. The summed E-state index contributed by atoms with van der Waals surface area (Å²) in [6.45, 7) is 1.79. The Bertz CT molecular complexity index is 1180. The first-order valence-corrected chi connectivity index (χ1v) is 10.1. The third kappa shape index (κ3) is 3.49. The maximum atomic E-state index is 13.7. The molecule has 0 spiro atoms. The normalized spacial score (nSPS) is 25.6. The summed E-state index contributed by atoms with van der Waals surface area (Å²) in [6, 6.07) is 2.33. The van der Waals surface area contributed by atoms with Crippen LogP contribution in [-0.4, -0.2) is 25.4 Å². The standard InChI is InChI=1S/C21H18F5N5O/c1-9(19(32)30-10-6-27-20(28-7-10)21(24,25)26)18-12-2-11(3-13(12)18)31-8-29-16-4-14(22)15(23)5-17(16)31/h4-9,11-13,18H,2-3H2,1H3,(H,30,32)/t9?,11?,12-,13+,18?. The molecule has 2 saturated carbocycles. The average molecular weight is 451 g/mol. The lowest BCUT2D eigenvalue weighted by molar-refractivity contribution is -0.144. The lowest BCUT2D eigenvalue weighted by Gasteiger charge is -2.19. The third-order valence-corrected chi connectivity index (χ3v) is 6.66. The number of aromatic nitrogens is 4. The van der Waals surface area contributed by atoms with Gasteiger partial charge < -0.3 is 9.88 Å². The summed E-state index contributed by atoms with van der Waals surface area (Å²) in [5, 5.41) is 2.58. The van der Waals surface area contributed by atoms with Gasteiger partial charge in [-0.15, -0.1) is 0 Å². The Morgan fingerprint density at radius 3 is 2.34 bits per heavy atom. The highest BCUT2D eigenvalue weighted by molar-refractivity contribution is 5.92. The minimum absolute atomic E-state index is 0.0923. The zero-order valence-corrected chi connectivity index (χ0v) is 16.8. The molecule has 2 aliphatic carbocycles. The third-order valence-electron chi connectivity index (χ3n) is 6.66. The maximum Gasteiger partial charge on any atom is 0.451 e. The predicted octanol–water partition coefficient (Wildman–Crippen LogP) is 4.60. The van der Waals surface area contributed by atoms with Gasteiger partial charge in [0, 0.05) is 24.1 Å². The SMILES string of the molecule is CC(C(=O)Nc1cnc(C(F)(F)F)nc1)C1[C@H]2CC(n3cnc4cc(F)c(F)cc43)C[C@@H]12. The molecule has 0 bridgehead atoms. The minimum Gasteiger partial charge on any atom is -0.327 e. The topological polar surface area (TPSA) is 72.7 Å². The molecule has 2 aliphatic rings. The number of hydrogen-bond acceptors (Lipinski definition) is 4. The van der Waals surface area contributed by atoms with Crippen LogP contribution in [0.1, 0.15) is 31.6 Å². The van der Waals surface area contributed by atoms with Crippen molar-refractivity contribution >= 4 is 22.6 Å². The second-order valence-corrected chi connectivity index (χ2v) is 8.51. The zero-order chi connectivity index (χ0) is 22.8. The number of carbonyl (C=O) groups excluding carboxylic acids is 1. The van der Waals surface area contributed by atoms with Crippen LogP contribution in [0.25, 0.3) is 11.0 Å². The van der Waals surface area contributed by atoms with Crippen LogP contribution >= 0.6 is 0 Å². The van der Waals surface area contributed by atoms with Gasteiger partial charge in [0.05, 0.1) is 35.4 Å². The van der Waals surface area contributed by atoms with Gasteiger partial charge in [0.25, 0.3) is 0 Å². The van der Waals surface area contributed by atoms with Crippen LogP contribution in [0.5, 0.6) is 0 Å². The van der Waals surface area contributed by atoms with Crippen LogP contribution in [-0.2, 0) is 11.0 Å². The van der Waals surface area contributed by atoms with E-state index in [1.54, 1.807) is 13.3 Å². The zero-order valence-electron chi connectivity index (χ0n) is 16.8. The maximum absolute atomic E-state index is 13.7. The largest absolute Gasteiger partial charge is 0.451 e. The summed E-state index contributed by atoms with van der Waals surface area (Å²) in [5.41, 5.74) is 1.05. The summed E-state index contributed by atoms with van der Waals surface area (Å²) in [4.78, 5) is 23.2. The van der Waals surface area contributed by atoms with E-state index in [1.165, 1.54) is 0 Å². The molecule has 6 nitrogen and oxygen atoms in total. The molecule has 2 fully saturated rings. The van der Waals surface area contributed by atoms with E-state index in [0.717, 1.165) is 37.4 Å². The van der Waals surface area contributed by atoms with Crippen LogP contribution in [0, 0.1) is 35.3 Å². The molecule has 1 amide bonds. The molecule has 3 unspecified atom stereocenters. The molecule has 168 valence electrons. The Kier molecular flexibility index (Phi) is 4.68. The molecule has 0 radical (unpaired) electrons.